The Morgan fingerprint density at radius 3 is 2.72 bits per heavy atom. The predicted octanol–water partition coefficient (Wildman–Crippen LogP) is 2.38. The summed E-state index contributed by atoms with van der Waals surface area (Å²) in [6, 6.07) is 5.17. The fourth-order valence-electron chi connectivity index (χ4n) is 1.45. The number of rotatable bonds is 4. The van der Waals surface area contributed by atoms with Crippen molar-refractivity contribution in [2.75, 3.05) is 0 Å². The van der Waals surface area contributed by atoms with Gasteiger partial charge in [-0.15, -0.1) is 0 Å². The highest BCUT2D eigenvalue weighted by Crippen LogP contribution is 2.29. The monoisotopic (exact) mass is 257 g/mol. The smallest absolute Gasteiger partial charge is 0.343 e. The van der Waals surface area contributed by atoms with Gasteiger partial charge < -0.3 is 9.84 Å². The predicted molar refractivity (Wildman–Crippen MR) is 56.3 cm³/mol. The SMILES string of the molecule is FC(F)(F)c1cccc(CNCc2ncon2)c1. The molecule has 0 aliphatic heterocycles. The van der Waals surface area contributed by atoms with Gasteiger partial charge in [-0.3, -0.25) is 0 Å². The van der Waals surface area contributed by atoms with Crippen molar-refractivity contribution in [3.8, 4) is 0 Å². The fourth-order valence-corrected chi connectivity index (χ4v) is 1.45. The molecule has 18 heavy (non-hydrogen) atoms. The molecule has 1 aromatic carbocycles. The summed E-state index contributed by atoms with van der Waals surface area (Å²) >= 11 is 0. The van der Waals surface area contributed by atoms with Gasteiger partial charge in [0, 0.05) is 6.54 Å². The first kappa shape index (κ1) is 12.6. The maximum atomic E-state index is 12.5. The minimum absolute atomic E-state index is 0.304. The van der Waals surface area contributed by atoms with Crippen LogP contribution in [0.4, 0.5) is 13.2 Å². The van der Waals surface area contributed by atoms with Gasteiger partial charge in [0.15, 0.2) is 5.82 Å². The number of halogens is 3. The van der Waals surface area contributed by atoms with E-state index in [-0.39, 0.29) is 0 Å². The Morgan fingerprint density at radius 1 is 1.22 bits per heavy atom. The third-order valence-electron chi connectivity index (χ3n) is 2.27. The Kier molecular flexibility index (Phi) is 3.61. The summed E-state index contributed by atoms with van der Waals surface area (Å²) in [6.07, 6.45) is -3.12. The quantitative estimate of drug-likeness (QED) is 0.913. The molecule has 0 unspecified atom stereocenters. The Balaban J connectivity index is 1.93. The second-order valence-electron chi connectivity index (χ2n) is 3.65. The van der Waals surface area contributed by atoms with E-state index in [9.17, 15) is 13.2 Å². The minimum atomic E-state index is -4.32. The minimum Gasteiger partial charge on any atom is -0.343 e. The number of hydrogen-bond donors (Lipinski definition) is 1. The largest absolute Gasteiger partial charge is 0.416 e. The highest BCUT2D eigenvalue weighted by Gasteiger charge is 2.30. The van der Waals surface area contributed by atoms with E-state index in [2.05, 4.69) is 20.0 Å². The normalized spacial score (nSPS) is 11.7. The third kappa shape index (κ3) is 3.30. The van der Waals surface area contributed by atoms with E-state index in [4.69, 9.17) is 0 Å². The molecule has 1 heterocycles. The number of nitrogens with one attached hydrogen (secondary N) is 1. The molecule has 0 radical (unpaired) electrons. The summed E-state index contributed by atoms with van der Waals surface area (Å²) in [4.78, 5) is 3.78. The standard InChI is InChI=1S/C11H10F3N3O/c12-11(13,14)9-3-1-2-8(4-9)5-15-6-10-16-7-18-17-10/h1-4,7,15H,5-6H2. The Labute approximate surface area is 101 Å². The van der Waals surface area contributed by atoms with E-state index >= 15 is 0 Å². The average Bonchev–Trinajstić information content (AvgIpc) is 2.81. The van der Waals surface area contributed by atoms with Gasteiger partial charge >= 0.3 is 6.18 Å². The van der Waals surface area contributed by atoms with Gasteiger partial charge in [0.05, 0.1) is 12.1 Å². The van der Waals surface area contributed by atoms with Gasteiger partial charge in [-0.2, -0.15) is 18.2 Å². The van der Waals surface area contributed by atoms with Crippen molar-refractivity contribution >= 4 is 0 Å². The second kappa shape index (κ2) is 5.18. The molecule has 96 valence electrons. The molecule has 7 heteroatoms. The number of aromatic nitrogens is 2. The molecule has 0 aliphatic rings. The van der Waals surface area contributed by atoms with Gasteiger partial charge in [-0.25, -0.2) is 0 Å². The van der Waals surface area contributed by atoms with Crippen LogP contribution in [0.2, 0.25) is 0 Å². The maximum Gasteiger partial charge on any atom is 0.416 e. The van der Waals surface area contributed by atoms with Crippen molar-refractivity contribution in [3.63, 3.8) is 0 Å². The highest BCUT2D eigenvalue weighted by atomic mass is 19.4. The molecular weight excluding hydrogens is 247 g/mol. The number of alkyl halides is 3. The van der Waals surface area contributed by atoms with Gasteiger partial charge in [0.25, 0.3) is 0 Å². The van der Waals surface area contributed by atoms with Crippen molar-refractivity contribution < 1.29 is 17.7 Å². The van der Waals surface area contributed by atoms with E-state index in [0.717, 1.165) is 12.1 Å². The van der Waals surface area contributed by atoms with E-state index in [1.807, 2.05) is 0 Å². The lowest BCUT2D eigenvalue weighted by Crippen LogP contribution is -2.14. The van der Waals surface area contributed by atoms with Crippen LogP contribution in [-0.2, 0) is 19.3 Å². The summed E-state index contributed by atoms with van der Waals surface area (Å²) in [7, 11) is 0. The molecule has 0 saturated heterocycles. The van der Waals surface area contributed by atoms with Crippen LogP contribution in [0.3, 0.4) is 0 Å². The van der Waals surface area contributed by atoms with Crippen LogP contribution in [0.1, 0.15) is 17.0 Å². The fraction of sp³-hybridized carbons (Fsp3) is 0.273. The van der Waals surface area contributed by atoms with Crippen molar-refractivity contribution in [3.05, 3.63) is 47.6 Å². The Hall–Kier alpha value is -1.89. The summed E-state index contributed by atoms with van der Waals surface area (Å²) in [5, 5.41) is 6.51. The van der Waals surface area contributed by atoms with Crippen LogP contribution in [0.15, 0.2) is 35.2 Å². The molecule has 0 bridgehead atoms. The van der Waals surface area contributed by atoms with Gasteiger partial charge in [0.1, 0.15) is 0 Å². The molecule has 0 saturated carbocycles. The molecule has 0 amide bonds. The van der Waals surface area contributed by atoms with Gasteiger partial charge in [-0.1, -0.05) is 23.4 Å². The number of benzene rings is 1. The molecular formula is C11H10F3N3O. The van der Waals surface area contributed by atoms with E-state index in [1.54, 1.807) is 6.07 Å². The first-order valence-corrected chi connectivity index (χ1v) is 5.18. The third-order valence-corrected chi connectivity index (χ3v) is 2.27. The molecule has 0 spiro atoms. The molecule has 1 N–H and O–H groups in total. The first-order chi connectivity index (χ1) is 8.55. The van der Waals surface area contributed by atoms with Crippen molar-refractivity contribution in [1.82, 2.24) is 15.5 Å². The van der Waals surface area contributed by atoms with E-state index in [1.165, 1.54) is 12.5 Å². The molecule has 4 nitrogen and oxygen atoms in total. The van der Waals surface area contributed by atoms with E-state index < -0.39 is 11.7 Å². The van der Waals surface area contributed by atoms with Gasteiger partial charge in [-0.05, 0) is 11.6 Å². The van der Waals surface area contributed by atoms with E-state index in [0.29, 0.717) is 24.5 Å². The zero-order chi connectivity index (χ0) is 13.0. The average molecular weight is 257 g/mol. The molecule has 0 fully saturated rings. The Morgan fingerprint density at radius 2 is 2.06 bits per heavy atom. The van der Waals surface area contributed by atoms with Crippen LogP contribution >= 0.6 is 0 Å². The van der Waals surface area contributed by atoms with Crippen LogP contribution < -0.4 is 5.32 Å². The highest BCUT2D eigenvalue weighted by molar-refractivity contribution is 5.25. The lowest BCUT2D eigenvalue weighted by molar-refractivity contribution is -0.137. The number of nitrogens with zero attached hydrogens (tertiary/aromatic N) is 2. The molecule has 0 aliphatic carbocycles. The second-order valence-corrected chi connectivity index (χ2v) is 3.65. The summed E-state index contributed by atoms with van der Waals surface area (Å²) in [5.41, 5.74) is -0.102. The lowest BCUT2D eigenvalue weighted by Gasteiger charge is -2.08. The summed E-state index contributed by atoms with van der Waals surface area (Å²) in [6.45, 7) is 0.644. The maximum absolute atomic E-state index is 12.5. The summed E-state index contributed by atoms with van der Waals surface area (Å²) in [5.74, 6) is 0.460. The van der Waals surface area contributed by atoms with Crippen LogP contribution in [0.25, 0.3) is 0 Å². The summed E-state index contributed by atoms with van der Waals surface area (Å²) < 4.78 is 41.9. The van der Waals surface area contributed by atoms with Crippen LogP contribution in [0.5, 0.6) is 0 Å². The van der Waals surface area contributed by atoms with Crippen LogP contribution in [0, 0.1) is 0 Å². The first-order valence-electron chi connectivity index (χ1n) is 5.18. The van der Waals surface area contributed by atoms with Crippen molar-refractivity contribution in [1.29, 1.82) is 0 Å². The Bertz CT molecular complexity index is 496. The lowest BCUT2D eigenvalue weighted by atomic mass is 10.1. The molecule has 0 atom stereocenters. The topological polar surface area (TPSA) is 51.0 Å². The zero-order valence-corrected chi connectivity index (χ0v) is 9.24. The molecule has 2 rings (SSSR count). The zero-order valence-electron chi connectivity index (χ0n) is 9.24. The van der Waals surface area contributed by atoms with Crippen molar-refractivity contribution in [2.45, 2.75) is 19.3 Å². The molecule has 1 aromatic heterocycles. The molecule has 2 aromatic rings. The van der Waals surface area contributed by atoms with Crippen LogP contribution in [-0.4, -0.2) is 10.1 Å². The van der Waals surface area contributed by atoms with Gasteiger partial charge in [0.2, 0.25) is 6.39 Å². The number of hydrogen-bond acceptors (Lipinski definition) is 4. The van der Waals surface area contributed by atoms with Crippen molar-refractivity contribution in [2.24, 2.45) is 0 Å².